The molecule has 0 unspecified atom stereocenters. The third-order valence-electron chi connectivity index (χ3n) is 3.79. The molecule has 5 nitrogen and oxygen atoms in total. The predicted octanol–water partition coefficient (Wildman–Crippen LogP) is 3.22. The van der Waals surface area contributed by atoms with Gasteiger partial charge < -0.3 is 5.32 Å². The first kappa shape index (κ1) is 18.3. The lowest BCUT2D eigenvalue weighted by Gasteiger charge is -2.09. The molecule has 0 fully saturated rings. The summed E-state index contributed by atoms with van der Waals surface area (Å²) in [5.74, 6) is 0.745. The van der Waals surface area contributed by atoms with Crippen molar-refractivity contribution >= 4 is 23.4 Å². The van der Waals surface area contributed by atoms with Crippen LogP contribution in [0.15, 0.2) is 34.2 Å². The molecule has 0 bridgehead atoms. The highest BCUT2D eigenvalue weighted by Crippen LogP contribution is 2.17. The fourth-order valence-corrected chi connectivity index (χ4v) is 3.16. The number of carbonyl (C=O) groups excluding carboxylic acids is 1. The molecule has 1 aromatic carbocycles. The van der Waals surface area contributed by atoms with Crippen molar-refractivity contribution in [1.29, 1.82) is 0 Å². The second kappa shape index (κ2) is 8.15. The van der Waals surface area contributed by atoms with Gasteiger partial charge in [-0.15, -0.1) is 0 Å². The number of rotatable bonds is 6. The average Bonchev–Trinajstić information content (AvgIpc) is 2.52. The minimum absolute atomic E-state index is 0.00458. The molecule has 0 aliphatic rings. The quantitative estimate of drug-likeness (QED) is 0.496. The van der Waals surface area contributed by atoms with Gasteiger partial charge in [-0.2, -0.15) is 0 Å². The van der Waals surface area contributed by atoms with E-state index in [1.165, 1.54) is 28.0 Å². The van der Waals surface area contributed by atoms with E-state index in [4.69, 9.17) is 0 Å². The van der Waals surface area contributed by atoms with Crippen molar-refractivity contribution in [2.75, 3.05) is 11.1 Å². The maximum absolute atomic E-state index is 12.0. The maximum Gasteiger partial charge on any atom is 0.254 e. The van der Waals surface area contributed by atoms with Crippen LogP contribution < -0.4 is 10.9 Å². The van der Waals surface area contributed by atoms with E-state index in [0.29, 0.717) is 17.3 Å². The molecule has 0 radical (unpaired) electrons. The Hall–Kier alpha value is -2.08. The Labute approximate surface area is 146 Å². The van der Waals surface area contributed by atoms with Crippen LogP contribution in [0.5, 0.6) is 0 Å². The van der Waals surface area contributed by atoms with Crippen molar-refractivity contribution in [3.05, 3.63) is 51.4 Å². The van der Waals surface area contributed by atoms with Crippen molar-refractivity contribution in [2.45, 2.75) is 38.8 Å². The molecule has 24 heavy (non-hydrogen) atoms. The molecule has 2 aromatic rings. The summed E-state index contributed by atoms with van der Waals surface area (Å²) < 4.78 is 1.53. The molecule has 128 valence electrons. The van der Waals surface area contributed by atoms with Gasteiger partial charge in [-0.3, -0.25) is 14.2 Å². The number of anilines is 1. The van der Waals surface area contributed by atoms with Gasteiger partial charge in [-0.05, 0) is 50.5 Å². The van der Waals surface area contributed by atoms with E-state index < -0.39 is 0 Å². The lowest BCUT2D eigenvalue weighted by atomic mass is 10.1. The number of nitrogens with zero attached hydrogens (tertiary/aromatic N) is 2. The van der Waals surface area contributed by atoms with Crippen LogP contribution >= 0.6 is 11.8 Å². The molecule has 0 atom stereocenters. The highest BCUT2D eigenvalue weighted by atomic mass is 32.2. The summed E-state index contributed by atoms with van der Waals surface area (Å²) in [6.45, 7) is 5.88. The largest absolute Gasteiger partial charge is 0.326 e. The van der Waals surface area contributed by atoms with Crippen molar-refractivity contribution in [2.24, 2.45) is 7.05 Å². The summed E-state index contributed by atoms with van der Waals surface area (Å²) in [4.78, 5) is 28.1. The topological polar surface area (TPSA) is 64.0 Å². The minimum atomic E-state index is -0.0579. The second-order valence-corrected chi connectivity index (χ2v) is 6.94. The molecule has 0 spiro atoms. The standard InChI is InChI=1S/C18H23N3O2S/c1-12-7-8-15(10-13(12)2)20-16(22)6-5-9-24-18-19-14(3)11-17(23)21(18)4/h7-8,10-11H,5-6,9H2,1-4H3,(H,20,22). The Morgan fingerprint density at radius 1 is 1.21 bits per heavy atom. The van der Waals surface area contributed by atoms with Crippen LogP contribution in [0.2, 0.25) is 0 Å². The number of thioether (sulfide) groups is 1. The third-order valence-corrected chi connectivity index (χ3v) is 4.91. The Kier molecular flexibility index (Phi) is 6.20. The number of hydrogen-bond donors (Lipinski definition) is 1. The Balaban J connectivity index is 1.81. The van der Waals surface area contributed by atoms with Crippen molar-refractivity contribution in [1.82, 2.24) is 9.55 Å². The summed E-state index contributed by atoms with van der Waals surface area (Å²) in [5.41, 5.74) is 3.86. The lowest BCUT2D eigenvalue weighted by Crippen LogP contribution is -2.19. The van der Waals surface area contributed by atoms with Gasteiger partial charge in [0.15, 0.2) is 5.16 Å². The van der Waals surface area contributed by atoms with Crippen LogP contribution in [0.25, 0.3) is 0 Å². The number of nitrogens with one attached hydrogen (secondary N) is 1. The number of hydrogen-bond acceptors (Lipinski definition) is 4. The summed E-state index contributed by atoms with van der Waals surface area (Å²) >= 11 is 1.50. The van der Waals surface area contributed by atoms with Gasteiger partial charge in [0, 0.05) is 36.7 Å². The van der Waals surface area contributed by atoms with E-state index in [-0.39, 0.29) is 11.5 Å². The van der Waals surface area contributed by atoms with Crippen LogP contribution in [0.1, 0.15) is 29.7 Å². The van der Waals surface area contributed by atoms with Crippen molar-refractivity contribution in [3.63, 3.8) is 0 Å². The van der Waals surface area contributed by atoms with E-state index in [2.05, 4.69) is 10.3 Å². The van der Waals surface area contributed by atoms with Gasteiger partial charge in [-0.25, -0.2) is 4.98 Å². The van der Waals surface area contributed by atoms with Gasteiger partial charge in [0.1, 0.15) is 0 Å². The Bertz CT molecular complexity index is 799. The number of carbonyl (C=O) groups is 1. The van der Waals surface area contributed by atoms with E-state index in [9.17, 15) is 9.59 Å². The minimum Gasteiger partial charge on any atom is -0.326 e. The molecule has 1 N–H and O–H groups in total. The van der Waals surface area contributed by atoms with E-state index in [1.54, 1.807) is 7.05 Å². The van der Waals surface area contributed by atoms with Crippen LogP contribution in [-0.2, 0) is 11.8 Å². The van der Waals surface area contributed by atoms with Crippen molar-refractivity contribution in [3.8, 4) is 0 Å². The molecule has 0 aliphatic heterocycles. The predicted molar refractivity (Wildman–Crippen MR) is 98.7 cm³/mol. The summed E-state index contributed by atoms with van der Waals surface area (Å²) in [6.07, 6.45) is 1.17. The zero-order valence-electron chi connectivity index (χ0n) is 14.5. The first-order valence-corrected chi connectivity index (χ1v) is 8.90. The highest BCUT2D eigenvalue weighted by molar-refractivity contribution is 7.99. The van der Waals surface area contributed by atoms with E-state index in [0.717, 1.165) is 23.4 Å². The zero-order chi connectivity index (χ0) is 17.7. The zero-order valence-corrected chi connectivity index (χ0v) is 15.4. The number of aromatic nitrogens is 2. The fraction of sp³-hybridized carbons (Fsp3) is 0.389. The second-order valence-electron chi connectivity index (χ2n) is 5.88. The summed E-state index contributed by atoms with van der Waals surface area (Å²) in [7, 11) is 1.71. The number of aryl methyl sites for hydroxylation is 3. The normalized spacial score (nSPS) is 10.7. The average molecular weight is 345 g/mol. The third kappa shape index (κ3) is 4.96. The van der Waals surface area contributed by atoms with Crippen LogP contribution in [0.4, 0.5) is 5.69 Å². The monoisotopic (exact) mass is 345 g/mol. The molecule has 1 heterocycles. The van der Waals surface area contributed by atoms with Gasteiger partial charge in [0.25, 0.3) is 5.56 Å². The number of benzene rings is 1. The van der Waals surface area contributed by atoms with Gasteiger partial charge in [0.05, 0.1) is 0 Å². The summed E-state index contributed by atoms with van der Waals surface area (Å²) in [5, 5.41) is 3.61. The molecule has 2 rings (SSSR count). The van der Waals surface area contributed by atoms with Gasteiger partial charge in [0.2, 0.25) is 5.91 Å². The molecule has 6 heteroatoms. The smallest absolute Gasteiger partial charge is 0.254 e. The van der Waals surface area contributed by atoms with E-state index in [1.807, 2.05) is 39.0 Å². The molecule has 0 saturated heterocycles. The van der Waals surface area contributed by atoms with Crippen LogP contribution in [-0.4, -0.2) is 21.2 Å². The van der Waals surface area contributed by atoms with Crippen LogP contribution in [0.3, 0.4) is 0 Å². The molecule has 1 aromatic heterocycles. The maximum atomic E-state index is 12.0. The van der Waals surface area contributed by atoms with Gasteiger partial charge in [-0.1, -0.05) is 17.8 Å². The molecular weight excluding hydrogens is 322 g/mol. The first-order valence-electron chi connectivity index (χ1n) is 7.91. The molecule has 0 aliphatic carbocycles. The Morgan fingerprint density at radius 3 is 2.67 bits per heavy atom. The fourth-order valence-electron chi connectivity index (χ4n) is 2.20. The van der Waals surface area contributed by atoms with Crippen LogP contribution in [0, 0.1) is 20.8 Å². The van der Waals surface area contributed by atoms with Gasteiger partial charge >= 0.3 is 0 Å². The summed E-state index contributed by atoms with van der Waals surface area (Å²) in [6, 6.07) is 7.42. The van der Waals surface area contributed by atoms with Crippen molar-refractivity contribution < 1.29 is 4.79 Å². The molecule has 1 amide bonds. The lowest BCUT2D eigenvalue weighted by molar-refractivity contribution is -0.116. The first-order chi connectivity index (χ1) is 11.4. The van der Waals surface area contributed by atoms with E-state index >= 15 is 0 Å². The highest BCUT2D eigenvalue weighted by Gasteiger charge is 2.06. The SMILES string of the molecule is Cc1cc(=O)n(C)c(SCCCC(=O)Nc2ccc(C)c(C)c2)n1. The Morgan fingerprint density at radius 2 is 1.96 bits per heavy atom. The molecular formula is C18H23N3O2S. The number of amides is 1. The molecule has 0 saturated carbocycles.